The Balaban J connectivity index is 1.32. The number of aromatic hydroxyl groups is 1. The van der Waals surface area contributed by atoms with Crippen molar-refractivity contribution in [2.24, 2.45) is 0 Å². The van der Waals surface area contributed by atoms with Gasteiger partial charge in [0.1, 0.15) is 12.4 Å². The Morgan fingerprint density at radius 1 is 1.00 bits per heavy atom. The van der Waals surface area contributed by atoms with E-state index in [4.69, 9.17) is 4.74 Å². The van der Waals surface area contributed by atoms with Crippen LogP contribution < -0.4 is 5.32 Å². The maximum Gasteiger partial charge on any atom is 0.407 e. The molecular formula is C26H23NO4. The summed E-state index contributed by atoms with van der Waals surface area (Å²) in [4.78, 5) is 23.5. The van der Waals surface area contributed by atoms with Gasteiger partial charge in [-0.15, -0.1) is 0 Å². The Bertz CT molecular complexity index is 1120. The number of ether oxygens (including phenoxy) is 1. The molecule has 0 saturated heterocycles. The lowest BCUT2D eigenvalue weighted by Gasteiger charge is -2.14. The Morgan fingerprint density at radius 3 is 2.26 bits per heavy atom. The van der Waals surface area contributed by atoms with Crippen LogP contribution in [0, 0.1) is 0 Å². The van der Waals surface area contributed by atoms with Gasteiger partial charge in [-0.25, -0.2) is 4.79 Å². The van der Waals surface area contributed by atoms with Crippen molar-refractivity contribution in [2.75, 3.05) is 13.2 Å². The molecule has 1 aliphatic rings. The number of carbonyl (C=O) groups excluding carboxylic acids is 2. The number of ketones is 1. The van der Waals surface area contributed by atoms with Crippen LogP contribution in [-0.2, 0) is 4.74 Å². The first-order chi connectivity index (χ1) is 15.0. The van der Waals surface area contributed by atoms with Crippen molar-refractivity contribution < 1.29 is 19.4 Å². The molecule has 0 atom stereocenters. The zero-order valence-corrected chi connectivity index (χ0v) is 17.2. The van der Waals surface area contributed by atoms with Gasteiger partial charge in [0.2, 0.25) is 0 Å². The number of hydrogen-bond donors (Lipinski definition) is 2. The molecule has 0 bridgehead atoms. The quantitative estimate of drug-likeness (QED) is 0.548. The Labute approximate surface area is 181 Å². The smallest absolute Gasteiger partial charge is 0.407 e. The molecule has 0 aliphatic heterocycles. The predicted octanol–water partition coefficient (Wildman–Crippen LogP) is 5.15. The number of phenolic OH excluding ortho intramolecular Hbond substituents is 1. The van der Waals surface area contributed by atoms with E-state index in [0.717, 1.165) is 5.56 Å². The molecule has 5 nitrogen and oxygen atoms in total. The summed E-state index contributed by atoms with van der Waals surface area (Å²) in [7, 11) is 0. The van der Waals surface area contributed by atoms with Crippen LogP contribution in [0.15, 0.2) is 72.8 Å². The van der Waals surface area contributed by atoms with Crippen molar-refractivity contribution in [1.29, 1.82) is 0 Å². The average molecular weight is 413 g/mol. The van der Waals surface area contributed by atoms with Crippen molar-refractivity contribution in [3.05, 3.63) is 95.1 Å². The summed E-state index contributed by atoms with van der Waals surface area (Å²) in [6.45, 7) is 1.96. The van der Waals surface area contributed by atoms with Crippen molar-refractivity contribution in [2.45, 2.75) is 12.8 Å². The number of carbonyl (C=O) groups is 2. The summed E-state index contributed by atoms with van der Waals surface area (Å²) in [6.07, 6.45) is 3.03. The minimum atomic E-state index is -0.485. The highest BCUT2D eigenvalue weighted by molar-refractivity contribution is 5.97. The molecular weight excluding hydrogens is 390 g/mol. The number of nitrogens with one attached hydrogen (secondary N) is 1. The zero-order chi connectivity index (χ0) is 21.8. The van der Waals surface area contributed by atoms with Gasteiger partial charge in [-0.2, -0.15) is 0 Å². The Hall–Kier alpha value is -3.86. The summed E-state index contributed by atoms with van der Waals surface area (Å²) in [5, 5.41) is 12.6. The molecule has 0 heterocycles. The predicted molar refractivity (Wildman–Crippen MR) is 120 cm³/mol. The fourth-order valence-electron chi connectivity index (χ4n) is 3.94. The van der Waals surface area contributed by atoms with Crippen LogP contribution in [0.25, 0.3) is 17.2 Å². The lowest BCUT2D eigenvalue weighted by molar-refractivity contribution is 0.101. The first-order valence-corrected chi connectivity index (χ1v) is 10.1. The molecule has 0 spiro atoms. The van der Waals surface area contributed by atoms with Crippen molar-refractivity contribution >= 4 is 18.0 Å². The molecule has 0 unspecified atom stereocenters. The van der Waals surface area contributed by atoms with E-state index >= 15 is 0 Å². The zero-order valence-electron chi connectivity index (χ0n) is 17.2. The molecule has 156 valence electrons. The minimum Gasteiger partial charge on any atom is -0.507 e. The van der Waals surface area contributed by atoms with E-state index in [-0.39, 0.29) is 36.2 Å². The lowest BCUT2D eigenvalue weighted by atomic mass is 9.98. The van der Waals surface area contributed by atoms with Crippen molar-refractivity contribution in [3.8, 4) is 16.9 Å². The number of phenols is 1. The Morgan fingerprint density at radius 2 is 1.65 bits per heavy atom. The van der Waals surface area contributed by atoms with Gasteiger partial charge in [0.25, 0.3) is 0 Å². The van der Waals surface area contributed by atoms with Crippen molar-refractivity contribution in [1.82, 2.24) is 5.32 Å². The van der Waals surface area contributed by atoms with E-state index < -0.39 is 6.09 Å². The summed E-state index contributed by atoms with van der Waals surface area (Å²) < 4.78 is 5.49. The van der Waals surface area contributed by atoms with Crippen LogP contribution >= 0.6 is 0 Å². The third kappa shape index (κ3) is 4.36. The fraction of sp³-hybridized carbons (Fsp3) is 0.154. The largest absolute Gasteiger partial charge is 0.507 e. The second kappa shape index (κ2) is 8.88. The van der Waals surface area contributed by atoms with Crippen LogP contribution in [0.1, 0.15) is 39.9 Å². The monoisotopic (exact) mass is 413 g/mol. The fourth-order valence-corrected chi connectivity index (χ4v) is 3.94. The van der Waals surface area contributed by atoms with E-state index in [1.165, 1.54) is 35.2 Å². The number of rotatable bonds is 6. The van der Waals surface area contributed by atoms with Crippen LogP contribution in [0.4, 0.5) is 4.79 Å². The van der Waals surface area contributed by atoms with Crippen LogP contribution in [0.5, 0.6) is 5.75 Å². The van der Waals surface area contributed by atoms with E-state index in [1.54, 1.807) is 24.3 Å². The van der Waals surface area contributed by atoms with Gasteiger partial charge >= 0.3 is 6.09 Å². The van der Waals surface area contributed by atoms with Gasteiger partial charge in [0, 0.05) is 12.5 Å². The van der Waals surface area contributed by atoms with E-state index in [0.29, 0.717) is 0 Å². The number of fused-ring (bicyclic) bond motifs is 3. The topological polar surface area (TPSA) is 75.6 Å². The number of hydrogen-bond acceptors (Lipinski definition) is 4. The number of alkyl carbamates (subject to hydrolysis) is 1. The molecule has 0 aromatic heterocycles. The van der Waals surface area contributed by atoms with E-state index in [2.05, 4.69) is 29.6 Å². The molecule has 0 fully saturated rings. The molecule has 1 amide bonds. The minimum absolute atomic E-state index is 0.0245. The SMILES string of the molecule is CC(=O)c1ccc(C=CCNC(=O)OCC2c3ccccc3-c3ccccc32)cc1O. The first-order valence-electron chi connectivity index (χ1n) is 10.1. The van der Waals surface area contributed by atoms with E-state index in [1.807, 2.05) is 24.3 Å². The summed E-state index contributed by atoms with van der Waals surface area (Å²) >= 11 is 0. The molecule has 0 radical (unpaired) electrons. The third-order valence-corrected chi connectivity index (χ3v) is 5.42. The van der Waals surface area contributed by atoms with Crippen LogP contribution in [0.2, 0.25) is 0 Å². The maximum atomic E-state index is 12.2. The number of amides is 1. The van der Waals surface area contributed by atoms with Gasteiger partial charge in [0.15, 0.2) is 5.78 Å². The molecule has 31 heavy (non-hydrogen) atoms. The van der Waals surface area contributed by atoms with Crippen molar-refractivity contribution in [3.63, 3.8) is 0 Å². The maximum absolute atomic E-state index is 12.2. The molecule has 2 N–H and O–H groups in total. The van der Waals surface area contributed by atoms with E-state index in [9.17, 15) is 14.7 Å². The second-order valence-electron chi connectivity index (χ2n) is 7.44. The highest BCUT2D eigenvalue weighted by Gasteiger charge is 2.28. The van der Waals surface area contributed by atoms with Gasteiger partial charge in [-0.05, 0) is 46.9 Å². The average Bonchev–Trinajstić information content (AvgIpc) is 3.09. The summed E-state index contributed by atoms with van der Waals surface area (Å²) in [5.74, 6) is -0.222. The highest BCUT2D eigenvalue weighted by atomic mass is 16.5. The molecule has 0 saturated carbocycles. The molecule has 4 rings (SSSR count). The molecule has 5 heteroatoms. The molecule has 3 aromatic rings. The number of Topliss-reactive ketones (excluding diaryl/α,β-unsaturated/α-hetero) is 1. The molecule has 3 aromatic carbocycles. The second-order valence-corrected chi connectivity index (χ2v) is 7.44. The number of benzene rings is 3. The van der Waals surface area contributed by atoms with Gasteiger partial charge in [0.05, 0.1) is 5.56 Å². The van der Waals surface area contributed by atoms with Gasteiger partial charge < -0.3 is 15.2 Å². The standard InChI is InChI=1S/C26H23NO4/c1-17(28)19-13-12-18(15-25(19)29)7-6-14-27-26(30)31-16-24-22-10-4-2-8-20(22)21-9-3-5-11-23(21)24/h2-13,15,24,29H,14,16H2,1H3,(H,27,30). The first kappa shape index (κ1) is 20.4. The highest BCUT2D eigenvalue weighted by Crippen LogP contribution is 2.44. The van der Waals surface area contributed by atoms with Gasteiger partial charge in [-0.3, -0.25) is 4.79 Å². The Kier molecular flexibility index (Phi) is 5.85. The van der Waals surface area contributed by atoms with Gasteiger partial charge in [-0.1, -0.05) is 66.7 Å². The summed E-state index contributed by atoms with van der Waals surface area (Å²) in [6, 6.07) is 21.2. The summed E-state index contributed by atoms with van der Waals surface area (Å²) in [5.41, 5.74) is 5.74. The third-order valence-electron chi connectivity index (χ3n) is 5.42. The normalized spacial score (nSPS) is 12.4. The van der Waals surface area contributed by atoms with Crippen LogP contribution in [0.3, 0.4) is 0 Å². The van der Waals surface area contributed by atoms with Crippen LogP contribution in [-0.4, -0.2) is 30.1 Å². The molecule has 1 aliphatic carbocycles. The lowest BCUT2D eigenvalue weighted by Crippen LogP contribution is -2.26.